The van der Waals surface area contributed by atoms with Crippen LogP contribution in [0.4, 0.5) is 0 Å². The maximum Gasteiger partial charge on any atom is 0.146 e. The van der Waals surface area contributed by atoms with Crippen molar-refractivity contribution < 1.29 is 4.74 Å². The highest BCUT2D eigenvalue weighted by molar-refractivity contribution is 6.32. The molecular weight excluding hydrogens is 258 g/mol. The van der Waals surface area contributed by atoms with E-state index in [-0.39, 0.29) is 0 Å². The SMILES string of the molecule is CCc1ccc(Oc2ccc(CNC)cc2Cl)cc1. The predicted molar refractivity (Wildman–Crippen MR) is 80.1 cm³/mol. The Morgan fingerprint density at radius 2 is 1.74 bits per heavy atom. The van der Waals surface area contributed by atoms with E-state index >= 15 is 0 Å². The van der Waals surface area contributed by atoms with Crippen molar-refractivity contribution in [2.75, 3.05) is 7.05 Å². The van der Waals surface area contributed by atoms with Crippen molar-refractivity contribution in [3.05, 3.63) is 58.6 Å². The molecule has 0 aliphatic heterocycles. The molecule has 0 amide bonds. The summed E-state index contributed by atoms with van der Waals surface area (Å²) < 4.78 is 5.79. The Bertz CT molecular complexity index is 537. The van der Waals surface area contributed by atoms with Crippen LogP contribution in [0.2, 0.25) is 5.02 Å². The van der Waals surface area contributed by atoms with E-state index in [1.165, 1.54) is 5.56 Å². The molecule has 2 nitrogen and oxygen atoms in total. The van der Waals surface area contributed by atoms with Gasteiger partial charge in [0.2, 0.25) is 0 Å². The van der Waals surface area contributed by atoms with Crippen LogP contribution in [0.5, 0.6) is 11.5 Å². The lowest BCUT2D eigenvalue weighted by molar-refractivity contribution is 0.482. The number of ether oxygens (including phenoxy) is 1. The lowest BCUT2D eigenvalue weighted by atomic mass is 10.2. The van der Waals surface area contributed by atoms with E-state index < -0.39 is 0 Å². The van der Waals surface area contributed by atoms with Crippen molar-refractivity contribution in [3.63, 3.8) is 0 Å². The van der Waals surface area contributed by atoms with Gasteiger partial charge in [-0.25, -0.2) is 0 Å². The summed E-state index contributed by atoms with van der Waals surface area (Å²) in [7, 11) is 1.91. The van der Waals surface area contributed by atoms with Gasteiger partial charge in [0.15, 0.2) is 0 Å². The quantitative estimate of drug-likeness (QED) is 0.872. The molecule has 0 saturated heterocycles. The Morgan fingerprint density at radius 3 is 2.32 bits per heavy atom. The van der Waals surface area contributed by atoms with E-state index in [4.69, 9.17) is 16.3 Å². The van der Waals surface area contributed by atoms with Crippen LogP contribution in [0.25, 0.3) is 0 Å². The predicted octanol–water partition coefficient (Wildman–Crippen LogP) is 4.41. The van der Waals surface area contributed by atoms with Gasteiger partial charge in [0.1, 0.15) is 11.5 Å². The summed E-state index contributed by atoms with van der Waals surface area (Å²) in [6.07, 6.45) is 1.03. The normalized spacial score (nSPS) is 10.5. The summed E-state index contributed by atoms with van der Waals surface area (Å²) in [4.78, 5) is 0. The molecule has 0 atom stereocenters. The molecule has 0 radical (unpaired) electrons. The lowest BCUT2D eigenvalue weighted by Crippen LogP contribution is -2.04. The highest BCUT2D eigenvalue weighted by Gasteiger charge is 2.04. The first-order valence-electron chi connectivity index (χ1n) is 6.42. The molecule has 0 aliphatic carbocycles. The standard InChI is InChI=1S/C16H18ClNO/c1-3-12-4-7-14(8-5-12)19-16-9-6-13(11-18-2)10-15(16)17/h4-10,18H,3,11H2,1-2H3. The topological polar surface area (TPSA) is 21.3 Å². The molecule has 19 heavy (non-hydrogen) atoms. The maximum atomic E-state index is 6.22. The zero-order chi connectivity index (χ0) is 13.7. The third-order valence-corrected chi connectivity index (χ3v) is 3.23. The second-order valence-corrected chi connectivity index (χ2v) is 4.80. The number of benzene rings is 2. The molecule has 0 unspecified atom stereocenters. The first-order chi connectivity index (χ1) is 9.22. The number of aryl methyl sites for hydroxylation is 1. The van der Waals surface area contributed by atoms with Gasteiger partial charge in [-0.15, -0.1) is 0 Å². The second kappa shape index (κ2) is 6.60. The Morgan fingerprint density at radius 1 is 1.05 bits per heavy atom. The van der Waals surface area contributed by atoms with Crippen LogP contribution in [0.3, 0.4) is 0 Å². The first kappa shape index (κ1) is 13.9. The number of hydrogen-bond acceptors (Lipinski definition) is 2. The zero-order valence-corrected chi connectivity index (χ0v) is 12.0. The minimum Gasteiger partial charge on any atom is -0.456 e. The maximum absolute atomic E-state index is 6.22. The van der Waals surface area contributed by atoms with Crippen molar-refractivity contribution in [3.8, 4) is 11.5 Å². The van der Waals surface area contributed by atoms with Gasteiger partial charge in [-0.2, -0.15) is 0 Å². The molecule has 0 aliphatic rings. The summed E-state index contributed by atoms with van der Waals surface area (Å²) >= 11 is 6.22. The third kappa shape index (κ3) is 3.72. The monoisotopic (exact) mass is 275 g/mol. The molecule has 3 heteroatoms. The molecule has 2 rings (SSSR count). The summed E-state index contributed by atoms with van der Waals surface area (Å²) in [5.41, 5.74) is 2.43. The van der Waals surface area contributed by atoms with Crippen LogP contribution in [-0.4, -0.2) is 7.05 Å². The molecule has 0 fully saturated rings. The molecule has 1 N–H and O–H groups in total. The fourth-order valence-electron chi connectivity index (χ4n) is 1.86. The minimum absolute atomic E-state index is 0.632. The molecule has 100 valence electrons. The number of rotatable bonds is 5. The molecule has 2 aromatic rings. The summed E-state index contributed by atoms with van der Waals surface area (Å²) in [5, 5.41) is 3.73. The van der Waals surface area contributed by atoms with Gasteiger partial charge in [-0.1, -0.05) is 36.7 Å². The highest BCUT2D eigenvalue weighted by atomic mass is 35.5. The van der Waals surface area contributed by atoms with Gasteiger partial charge in [0, 0.05) is 6.54 Å². The summed E-state index contributed by atoms with van der Waals surface area (Å²) in [6, 6.07) is 13.9. The zero-order valence-electron chi connectivity index (χ0n) is 11.2. The molecule has 2 aromatic carbocycles. The van der Waals surface area contributed by atoms with Gasteiger partial charge in [-0.3, -0.25) is 0 Å². The Kier molecular flexibility index (Phi) is 4.83. The van der Waals surface area contributed by atoms with E-state index in [0.717, 1.165) is 24.3 Å². The minimum atomic E-state index is 0.632. The van der Waals surface area contributed by atoms with Crippen molar-refractivity contribution >= 4 is 11.6 Å². The van der Waals surface area contributed by atoms with Gasteiger partial charge in [0.05, 0.1) is 5.02 Å². The van der Waals surface area contributed by atoms with Gasteiger partial charge < -0.3 is 10.1 Å². The number of hydrogen-bond donors (Lipinski definition) is 1. The van der Waals surface area contributed by atoms with Crippen LogP contribution in [0.1, 0.15) is 18.1 Å². The fourth-order valence-corrected chi connectivity index (χ4v) is 2.10. The molecule has 0 aromatic heterocycles. The van der Waals surface area contributed by atoms with Crippen LogP contribution in [-0.2, 0) is 13.0 Å². The summed E-state index contributed by atoms with van der Waals surface area (Å²) in [5.74, 6) is 1.49. The number of nitrogens with one attached hydrogen (secondary N) is 1. The molecule has 0 heterocycles. The average Bonchev–Trinajstić information content (AvgIpc) is 2.43. The van der Waals surface area contributed by atoms with E-state index in [0.29, 0.717) is 10.8 Å². The van der Waals surface area contributed by atoms with Crippen molar-refractivity contribution in [1.29, 1.82) is 0 Å². The average molecular weight is 276 g/mol. The Hall–Kier alpha value is -1.51. The fraction of sp³-hybridized carbons (Fsp3) is 0.250. The molecule has 0 spiro atoms. The van der Waals surface area contributed by atoms with Crippen molar-refractivity contribution in [2.24, 2.45) is 0 Å². The largest absolute Gasteiger partial charge is 0.456 e. The second-order valence-electron chi connectivity index (χ2n) is 4.39. The van der Waals surface area contributed by atoms with E-state index in [2.05, 4.69) is 24.4 Å². The highest BCUT2D eigenvalue weighted by Crippen LogP contribution is 2.30. The van der Waals surface area contributed by atoms with Gasteiger partial charge in [-0.05, 0) is 48.9 Å². The van der Waals surface area contributed by atoms with Crippen molar-refractivity contribution in [1.82, 2.24) is 5.32 Å². The van der Waals surface area contributed by atoms with Gasteiger partial charge >= 0.3 is 0 Å². The molecule has 0 saturated carbocycles. The first-order valence-corrected chi connectivity index (χ1v) is 6.80. The molecule has 0 bridgehead atoms. The third-order valence-electron chi connectivity index (χ3n) is 2.94. The van der Waals surface area contributed by atoms with Crippen LogP contribution < -0.4 is 10.1 Å². The van der Waals surface area contributed by atoms with E-state index in [1.807, 2.05) is 37.4 Å². The van der Waals surface area contributed by atoms with Crippen LogP contribution in [0.15, 0.2) is 42.5 Å². The Labute approximate surface area is 119 Å². The lowest BCUT2D eigenvalue weighted by Gasteiger charge is -2.09. The van der Waals surface area contributed by atoms with Crippen molar-refractivity contribution in [2.45, 2.75) is 19.9 Å². The van der Waals surface area contributed by atoms with E-state index in [9.17, 15) is 0 Å². The summed E-state index contributed by atoms with van der Waals surface area (Å²) in [6.45, 7) is 2.93. The number of halogens is 1. The van der Waals surface area contributed by atoms with Crippen LogP contribution >= 0.6 is 11.6 Å². The van der Waals surface area contributed by atoms with Crippen LogP contribution in [0, 0.1) is 0 Å². The molecular formula is C16H18ClNO. The Balaban J connectivity index is 2.13. The van der Waals surface area contributed by atoms with Gasteiger partial charge in [0.25, 0.3) is 0 Å². The smallest absolute Gasteiger partial charge is 0.146 e. The van der Waals surface area contributed by atoms with E-state index in [1.54, 1.807) is 0 Å².